The minimum Gasteiger partial charge on any atom is -0.458 e. The van der Waals surface area contributed by atoms with Crippen LogP contribution >= 0.6 is 0 Å². The summed E-state index contributed by atoms with van der Waals surface area (Å²) in [5, 5.41) is 27.8. The third kappa shape index (κ3) is 3.23. The number of carbonyl (C=O) groups excluding carboxylic acids is 2. The summed E-state index contributed by atoms with van der Waals surface area (Å²) in [6.07, 6.45) is -0.855. The lowest BCUT2D eigenvalue weighted by Gasteiger charge is -2.26. The van der Waals surface area contributed by atoms with Crippen molar-refractivity contribution in [2.45, 2.75) is 25.2 Å². The number of aliphatic hydroxyl groups excluding tert-OH is 3. The summed E-state index contributed by atoms with van der Waals surface area (Å²) in [4.78, 5) is 22.5. The molecule has 0 saturated carbocycles. The van der Waals surface area contributed by atoms with E-state index < -0.39 is 30.1 Å². The molecular weight excluding hydrogens is 228 g/mol. The quantitative estimate of drug-likeness (QED) is 0.419. The van der Waals surface area contributed by atoms with Crippen molar-refractivity contribution < 1.29 is 29.6 Å². The lowest BCUT2D eigenvalue weighted by molar-refractivity contribution is -0.140. The lowest BCUT2D eigenvalue weighted by atomic mass is 9.91. The van der Waals surface area contributed by atoms with Gasteiger partial charge in [0.25, 0.3) is 0 Å². The maximum absolute atomic E-state index is 11.5. The van der Waals surface area contributed by atoms with Gasteiger partial charge in [-0.2, -0.15) is 0 Å². The molecule has 0 fully saturated rings. The predicted octanol–water partition coefficient (Wildman–Crippen LogP) is -1.30. The Hall–Kier alpha value is -1.50. The molecule has 6 heteroatoms. The molecule has 3 N–H and O–H groups in total. The summed E-state index contributed by atoms with van der Waals surface area (Å²) in [5.74, 6) is -1.38. The fourth-order valence-corrected chi connectivity index (χ4v) is 1.37. The van der Waals surface area contributed by atoms with Gasteiger partial charge in [0.15, 0.2) is 5.78 Å². The Balaban J connectivity index is 2.68. The smallest absolute Gasteiger partial charge is 0.330 e. The number of aliphatic hydroxyl groups is 3. The summed E-state index contributed by atoms with van der Waals surface area (Å²) in [6.45, 7) is 1.29. The van der Waals surface area contributed by atoms with Crippen LogP contribution < -0.4 is 0 Å². The Labute approximate surface area is 97.8 Å². The average Bonchev–Trinajstić information content (AvgIpc) is 2.30. The molecule has 0 aromatic carbocycles. The first kappa shape index (κ1) is 13.6. The van der Waals surface area contributed by atoms with E-state index in [2.05, 4.69) is 0 Å². The third-order valence-corrected chi connectivity index (χ3v) is 2.30. The maximum Gasteiger partial charge on any atom is 0.330 e. The minimum atomic E-state index is -1.69. The van der Waals surface area contributed by atoms with Crippen LogP contribution in [0.15, 0.2) is 23.8 Å². The van der Waals surface area contributed by atoms with E-state index in [1.807, 2.05) is 0 Å². The van der Waals surface area contributed by atoms with Gasteiger partial charge in [-0.3, -0.25) is 4.79 Å². The number of carbonyl (C=O) groups is 2. The van der Waals surface area contributed by atoms with E-state index in [0.717, 1.165) is 6.08 Å². The SMILES string of the molecule is C/C=C/C(=O)OCC1=C[C@@H](O)[C@@H](O)[C@@H](O)C1=O. The molecule has 0 aliphatic heterocycles. The zero-order chi connectivity index (χ0) is 13.0. The second-order valence-electron chi connectivity index (χ2n) is 3.59. The monoisotopic (exact) mass is 242 g/mol. The van der Waals surface area contributed by atoms with E-state index in [-0.39, 0.29) is 12.2 Å². The van der Waals surface area contributed by atoms with Gasteiger partial charge in [0, 0.05) is 11.6 Å². The Morgan fingerprint density at radius 1 is 1.47 bits per heavy atom. The Morgan fingerprint density at radius 3 is 2.71 bits per heavy atom. The summed E-state index contributed by atoms with van der Waals surface area (Å²) in [5.41, 5.74) is -0.0341. The fraction of sp³-hybridized carbons (Fsp3) is 0.455. The molecule has 0 radical (unpaired) electrons. The first-order chi connectivity index (χ1) is 7.97. The van der Waals surface area contributed by atoms with Gasteiger partial charge in [-0.05, 0) is 13.0 Å². The van der Waals surface area contributed by atoms with E-state index in [9.17, 15) is 24.9 Å². The molecule has 17 heavy (non-hydrogen) atoms. The van der Waals surface area contributed by atoms with E-state index in [1.165, 1.54) is 12.2 Å². The number of hydrogen-bond acceptors (Lipinski definition) is 6. The van der Waals surface area contributed by atoms with E-state index in [1.54, 1.807) is 6.92 Å². The summed E-state index contributed by atoms with van der Waals surface area (Å²) in [7, 11) is 0. The van der Waals surface area contributed by atoms with Crippen molar-refractivity contribution in [1.82, 2.24) is 0 Å². The first-order valence-electron chi connectivity index (χ1n) is 5.06. The van der Waals surface area contributed by atoms with Gasteiger partial charge in [0.1, 0.15) is 24.9 Å². The van der Waals surface area contributed by atoms with Gasteiger partial charge in [-0.1, -0.05) is 6.08 Å². The van der Waals surface area contributed by atoms with Crippen molar-refractivity contribution in [3.8, 4) is 0 Å². The Kier molecular flexibility index (Phi) is 4.56. The van der Waals surface area contributed by atoms with Gasteiger partial charge < -0.3 is 20.1 Å². The normalized spacial score (nSPS) is 29.3. The highest BCUT2D eigenvalue weighted by Crippen LogP contribution is 2.16. The van der Waals surface area contributed by atoms with Crippen LogP contribution in [0.3, 0.4) is 0 Å². The highest BCUT2D eigenvalue weighted by Gasteiger charge is 2.36. The van der Waals surface area contributed by atoms with E-state index in [4.69, 9.17) is 4.74 Å². The summed E-state index contributed by atoms with van der Waals surface area (Å²) < 4.78 is 4.71. The van der Waals surface area contributed by atoms with Crippen LogP contribution in [0.1, 0.15) is 6.92 Å². The molecular formula is C11H14O6. The van der Waals surface area contributed by atoms with Crippen LogP contribution in [0.4, 0.5) is 0 Å². The van der Waals surface area contributed by atoms with Gasteiger partial charge in [-0.15, -0.1) is 0 Å². The molecule has 0 spiro atoms. The number of ketones is 1. The number of ether oxygens (including phenoxy) is 1. The molecule has 1 rings (SSSR count). The molecule has 1 aliphatic carbocycles. The van der Waals surface area contributed by atoms with Crippen LogP contribution in [0.2, 0.25) is 0 Å². The predicted molar refractivity (Wildman–Crippen MR) is 56.9 cm³/mol. The standard InChI is InChI=1S/C11H14O6/c1-2-3-8(13)17-5-6-4-7(12)10(15)11(16)9(6)14/h2-4,7,10-12,15-16H,5H2,1H3/b3-2+/t7-,10-,11+/m1/s1. The Morgan fingerprint density at radius 2 is 2.12 bits per heavy atom. The number of rotatable bonds is 3. The second-order valence-corrected chi connectivity index (χ2v) is 3.59. The average molecular weight is 242 g/mol. The van der Waals surface area contributed by atoms with Crippen molar-refractivity contribution in [3.63, 3.8) is 0 Å². The van der Waals surface area contributed by atoms with Gasteiger partial charge >= 0.3 is 5.97 Å². The number of esters is 1. The largest absolute Gasteiger partial charge is 0.458 e. The highest BCUT2D eigenvalue weighted by atomic mass is 16.5. The van der Waals surface area contributed by atoms with E-state index >= 15 is 0 Å². The molecule has 0 heterocycles. The van der Waals surface area contributed by atoms with Crippen molar-refractivity contribution in [2.75, 3.05) is 6.61 Å². The molecule has 3 atom stereocenters. The minimum absolute atomic E-state index is 0.0341. The van der Waals surface area contributed by atoms with Crippen molar-refractivity contribution in [3.05, 3.63) is 23.8 Å². The van der Waals surface area contributed by atoms with Gasteiger partial charge in [-0.25, -0.2) is 4.79 Å². The highest BCUT2D eigenvalue weighted by molar-refractivity contribution is 6.00. The van der Waals surface area contributed by atoms with Crippen LogP contribution in [0.5, 0.6) is 0 Å². The van der Waals surface area contributed by atoms with Crippen molar-refractivity contribution in [1.29, 1.82) is 0 Å². The zero-order valence-corrected chi connectivity index (χ0v) is 9.24. The third-order valence-electron chi connectivity index (χ3n) is 2.30. The summed E-state index contributed by atoms with van der Waals surface area (Å²) >= 11 is 0. The van der Waals surface area contributed by atoms with Gasteiger partial charge in [0.2, 0.25) is 0 Å². The lowest BCUT2D eigenvalue weighted by Crippen LogP contribution is -2.46. The van der Waals surface area contributed by atoms with Crippen LogP contribution in [0.25, 0.3) is 0 Å². The molecule has 0 unspecified atom stereocenters. The summed E-state index contributed by atoms with van der Waals surface area (Å²) in [6, 6.07) is 0. The molecule has 0 aromatic heterocycles. The molecule has 0 aromatic rings. The van der Waals surface area contributed by atoms with Crippen molar-refractivity contribution >= 4 is 11.8 Å². The molecule has 94 valence electrons. The number of hydrogen-bond donors (Lipinski definition) is 3. The topological polar surface area (TPSA) is 104 Å². The van der Waals surface area contributed by atoms with Crippen LogP contribution in [0, 0.1) is 0 Å². The molecule has 1 aliphatic rings. The molecule has 0 amide bonds. The van der Waals surface area contributed by atoms with Crippen LogP contribution in [-0.4, -0.2) is 52.0 Å². The molecule has 0 saturated heterocycles. The number of allylic oxidation sites excluding steroid dienone is 1. The zero-order valence-electron chi connectivity index (χ0n) is 9.24. The van der Waals surface area contributed by atoms with Gasteiger partial charge in [0.05, 0.1) is 0 Å². The molecule has 6 nitrogen and oxygen atoms in total. The second kappa shape index (κ2) is 5.72. The van der Waals surface area contributed by atoms with E-state index in [0.29, 0.717) is 0 Å². The molecule has 0 bridgehead atoms. The Bertz CT molecular complexity index is 370. The first-order valence-corrected chi connectivity index (χ1v) is 5.06. The fourth-order valence-electron chi connectivity index (χ4n) is 1.37. The number of Topliss-reactive ketones (excluding diaryl/α,β-unsaturated/α-hetero) is 1. The van der Waals surface area contributed by atoms with Crippen molar-refractivity contribution in [2.24, 2.45) is 0 Å². The maximum atomic E-state index is 11.5. The van der Waals surface area contributed by atoms with Crippen LogP contribution in [-0.2, 0) is 14.3 Å².